The van der Waals surface area contributed by atoms with Crippen molar-refractivity contribution in [2.45, 2.75) is 39.7 Å². The van der Waals surface area contributed by atoms with Gasteiger partial charge in [0.25, 0.3) is 5.91 Å². The Morgan fingerprint density at radius 2 is 1.93 bits per heavy atom. The molecule has 0 saturated carbocycles. The van der Waals surface area contributed by atoms with E-state index in [2.05, 4.69) is 16.5 Å². The molecule has 0 saturated heterocycles. The lowest BCUT2D eigenvalue weighted by Crippen LogP contribution is -2.14. The van der Waals surface area contributed by atoms with Gasteiger partial charge >= 0.3 is 0 Å². The number of aromatic hydroxyl groups is 1. The van der Waals surface area contributed by atoms with Gasteiger partial charge in [-0.3, -0.25) is 9.78 Å². The first-order valence-electron chi connectivity index (χ1n) is 9.23. The van der Waals surface area contributed by atoms with Crippen LogP contribution in [0.4, 0.5) is 0 Å². The molecule has 1 amide bonds. The number of nitrogens with zero attached hydrogens (tertiary/aromatic N) is 2. The molecule has 0 spiro atoms. The van der Waals surface area contributed by atoms with Crippen molar-refractivity contribution in [2.24, 2.45) is 5.73 Å². The minimum absolute atomic E-state index is 0.262. The summed E-state index contributed by atoms with van der Waals surface area (Å²) in [4.78, 5) is 16.5. The number of phenolic OH excluding ortho intramolecular Hbond substituents is 1. The molecule has 0 unspecified atom stereocenters. The molecule has 0 fully saturated rings. The van der Waals surface area contributed by atoms with Crippen LogP contribution in [0.5, 0.6) is 5.75 Å². The summed E-state index contributed by atoms with van der Waals surface area (Å²) in [5.74, 6) is -0.149. The quantitative estimate of drug-likeness (QED) is 0.669. The summed E-state index contributed by atoms with van der Waals surface area (Å²) in [6, 6.07) is 11.1. The van der Waals surface area contributed by atoms with Gasteiger partial charge in [-0.15, -0.1) is 0 Å². The van der Waals surface area contributed by atoms with E-state index < -0.39 is 5.91 Å². The van der Waals surface area contributed by atoms with Crippen LogP contribution in [0.15, 0.2) is 48.8 Å². The van der Waals surface area contributed by atoms with Crippen molar-refractivity contribution in [2.75, 3.05) is 0 Å². The summed E-state index contributed by atoms with van der Waals surface area (Å²) < 4.78 is 2.21. The SMILES string of the molecule is CCCc1c(-c2cccnc2)c(C(N)=O)c(C)n1CCc1ccc(O)cc1. The topological polar surface area (TPSA) is 81.1 Å². The predicted octanol–water partition coefficient (Wildman–Crippen LogP) is 3.86. The number of phenols is 1. The van der Waals surface area contributed by atoms with Crippen LogP contribution >= 0.6 is 0 Å². The molecule has 3 rings (SSSR count). The monoisotopic (exact) mass is 363 g/mol. The minimum Gasteiger partial charge on any atom is -0.508 e. The van der Waals surface area contributed by atoms with Crippen LogP contribution in [-0.4, -0.2) is 20.6 Å². The highest BCUT2D eigenvalue weighted by atomic mass is 16.3. The first kappa shape index (κ1) is 18.7. The zero-order valence-electron chi connectivity index (χ0n) is 15.8. The predicted molar refractivity (Wildman–Crippen MR) is 107 cm³/mol. The number of aryl methyl sites for hydroxylation is 1. The van der Waals surface area contributed by atoms with Crippen molar-refractivity contribution in [3.05, 3.63) is 71.3 Å². The number of carbonyl (C=O) groups excluding carboxylic acids is 1. The summed E-state index contributed by atoms with van der Waals surface area (Å²) >= 11 is 0. The van der Waals surface area contributed by atoms with E-state index in [0.717, 1.165) is 53.9 Å². The van der Waals surface area contributed by atoms with Crippen LogP contribution in [0.1, 0.15) is 40.7 Å². The molecule has 3 aromatic rings. The van der Waals surface area contributed by atoms with E-state index in [4.69, 9.17) is 5.73 Å². The van der Waals surface area contributed by atoms with Gasteiger partial charge in [0.1, 0.15) is 5.75 Å². The number of primary amides is 1. The van der Waals surface area contributed by atoms with E-state index in [1.165, 1.54) is 0 Å². The number of nitrogens with two attached hydrogens (primary N) is 1. The zero-order chi connectivity index (χ0) is 19.4. The van der Waals surface area contributed by atoms with Crippen LogP contribution in [0.2, 0.25) is 0 Å². The Hall–Kier alpha value is -3.08. The average molecular weight is 363 g/mol. The van der Waals surface area contributed by atoms with Gasteiger partial charge in [-0.05, 0) is 43.5 Å². The lowest BCUT2D eigenvalue weighted by Gasteiger charge is -2.13. The third-order valence-corrected chi connectivity index (χ3v) is 4.87. The summed E-state index contributed by atoms with van der Waals surface area (Å²) in [5, 5.41) is 9.46. The van der Waals surface area contributed by atoms with Crippen molar-refractivity contribution >= 4 is 5.91 Å². The van der Waals surface area contributed by atoms with Gasteiger partial charge in [0.05, 0.1) is 5.56 Å². The summed E-state index contributed by atoms with van der Waals surface area (Å²) in [7, 11) is 0. The zero-order valence-corrected chi connectivity index (χ0v) is 15.8. The van der Waals surface area contributed by atoms with E-state index in [1.54, 1.807) is 24.5 Å². The van der Waals surface area contributed by atoms with Gasteiger partial charge < -0.3 is 15.4 Å². The molecule has 3 N–H and O–H groups in total. The molecule has 1 aromatic carbocycles. The van der Waals surface area contributed by atoms with Crippen molar-refractivity contribution in [3.63, 3.8) is 0 Å². The molecule has 5 heteroatoms. The summed E-state index contributed by atoms with van der Waals surface area (Å²) in [6.45, 7) is 4.83. The normalized spacial score (nSPS) is 10.9. The molecule has 0 aliphatic carbocycles. The number of benzene rings is 1. The smallest absolute Gasteiger partial charge is 0.251 e. The Morgan fingerprint density at radius 1 is 1.19 bits per heavy atom. The van der Waals surface area contributed by atoms with Gasteiger partial charge in [0.2, 0.25) is 0 Å². The van der Waals surface area contributed by atoms with Gasteiger partial charge in [0.15, 0.2) is 0 Å². The largest absolute Gasteiger partial charge is 0.508 e. The van der Waals surface area contributed by atoms with Crippen molar-refractivity contribution in [1.82, 2.24) is 9.55 Å². The lowest BCUT2D eigenvalue weighted by molar-refractivity contribution is 0.1000. The molecular weight excluding hydrogens is 338 g/mol. The standard InChI is InChI=1S/C22H25N3O2/c1-3-5-19-21(17-6-4-12-24-14-17)20(22(23)27)15(2)25(19)13-11-16-7-9-18(26)10-8-16/h4,6-10,12,14,26H,3,5,11,13H2,1-2H3,(H2,23,27). The minimum atomic E-state index is -0.410. The van der Waals surface area contributed by atoms with Gasteiger partial charge in [0, 0.05) is 41.5 Å². The van der Waals surface area contributed by atoms with Crippen molar-refractivity contribution in [1.29, 1.82) is 0 Å². The Kier molecular flexibility index (Phi) is 5.60. The summed E-state index contributed by atoms with van der Waals surface area (Å²) in [5.41, 5.74) is 11.3. The molecule has 27 heavy (non-hydrogen) atoms. The first-order valence-corrected chi connectivity index (χ1v) is 9.23. The number of aromatic nitrogens is 2. The fourth-order valence-corrected chi connectivity index (χ4v) is 3.62. The second-order valence-corrected chi connectivity index (χ2v) is 6.71. The molecule has 0 atom stereocenters. The van der Waals surface area contributed by atoms with Crippen molar-refractivity contribution < 1.29 is 9.90 Å². The third kappa shape index (κ3) is 3.87. The maximum Gasteiger partial charge on any atom is 0.251 e. The highest BCUT2D eigenvalue weighted by Crippen LogP contribution is 2.33. The number of hydrogen-bond acceptors (Lipinski definition) is 3. The Balaban J connectivity index is 2.07. The second kappa shape index (κ2) is 8.08. The highest BCUT2D eigenvalue weighted by molar-refractivity contribution is 6.02. The molecule has 2 heterocycles. The van der Waals surface area contributed by atoms with E-state index in [9.17, 15) is 9.90 Å². The lowest BCUT2D eigenvalue weighted by atomic mass is 9.99. The Bertz CT molecular complexity index is 928. The van der Waals surface area contributed by atoms with Crippen LogP contribution in [-0.2, 0) is 19.4 Å². The van der Waals surface area contributed by atoms with Crippen LogP contribution < -0.4 is 5.73 Å². The summed E-state index contributed by atoms with van der Waals surface area (Å²) in [6.07, 6.45) is 6.13. The highest BCUT2D eigenvalue weighted by Gasteiger charge is 2.24. The molecule has 0 bridgehead atoms. The number of pyridine rings is 1. The van der Waals surface area contributed by atoms with Gasteiger partial charge in [-0.1, -0.05) is 31.5 Å². The second-order valence-electron chi connectivity index (χ2n) is 6.71. The molecule has 0 radical (unpaired) electrons. The Morgan fingerprint density at radius 3 is 2.52 bits per heavy atom. The van der Waals surface area contributed by atoms with E-state index in [0.29, 0.717) is 5.56 Å². The maximum absolute atomic E-state index is 12.3. The third-order valence-electron chi connectivity index (χ3n) is 4.87. The number of hydrogen-bond donors (Lipinski definition) is 2. The number of rotatable bonds is 7. The average Bonchev–Trinajstić information content (AvgIpc) is 2.94. The van der Waals surface area contributed by atoms with Crippen LogP contribution in [0, 0.1) is 6.92 Å². The fraction of sp³-hybridized carbons (Fsp3) is 0.273. The molecule has 0 aliphatic heterocycles. The molecular formula is C22H25N3O2. The van der Waals surface area contributed by atoms with Gasteiger partial charge in [-0.2, -0.15) is 0 Å². The molecule has 0 aliphatic rings. The van der Waals surface area contributed by atoms with Gasteiger partial charge in [-0.25, -0.2) is 0 Å². The molecule has 2 aromatic heterocycles. The van der Waals surface area contributed by atoms with E-state index in [-0.39, 0.29) is 5.75 Å². The molecule has 5 nitrogen and oxygen atoms in total. The van der Waals surface area contributed by atoms with Crippen LogP contribution in [0.3, 0.4) is 0 Å². The van der Waals surface area contributed by atoms with E-state index >= 15 is 0 Å². The van der Waals surface area contributed by atoms with Crippen molar-refractivity contribution in [3.8, 4) is 16.9 Å². The van der Waals surface area contributed by atoms with Crippen LogP contribution in [0.25, 0.3) is 11.1 Å². The maximum atomic E-state index is 12.3. The Labute approximate surface area is 159 Å². The number of carbonyl (C=O) groups is 1. The fourth-order valence-electron chi connectivity index (χ4n) is 3.62. The van der Waals surface area contributed by atoms with E-state index in [1.807, 2.05) is 31.2 Å². The first-order chi connectivity index (χ1) is 13.0. The molecule has 140 valence electrons. The number of amides is 1.